The van der Waals surface area contributed by atoms with Crippen LogP contribution < -0.4 is 9.47 Å². The minimum atomic E-state index is -0.812. The first-order valence-electron chi connectivity index (χ1n) is 9.24. The molecule has 0 aliphatic heterocycles. The van der Waals surface area contributed by atoms with Gasteiger partial charge in [0.1, 0.15) is 35.9 Å². The molecule has 0 amide bonds. The highest BCUT2D eigenvalue weighted by Gasteiger charge is 2.24. The molecule has 0 bridgehead atoms. The van der Waals surface area contributed by atoms with Crippen molar-refractivity contribution in [2.45, 2.75) is 33.1 Å². The second-order valence-corrected chi connectivity index (χ2v) is 7.37. The van der Waals surface area contributed by atoms with Crippen LogP contribution in [0.15, 0.2) is 48.5 Å². The van der Waals surface area contributed by atoms with Crippen molar-refractivity contribution in [2.24, 2.45) is 11.8 Å². The third-order valence-corrected chi connectivity index (χ3v) is 4.74. The van der Waals surface area contributed by atoms with E-state index in [9.17, 15) is 19.2 Å². The van der Waals surface area contributed by atoms with Gasteiger partial charge < -0.3 is 19.1 Å². The van der Waals surface area contributed by atoms with E-state index in [0.29, 0.717) is 24.1 Å². The molecule has 2 aromatic carbocycles. The fourth-order valence-electron chi connectivity index (χ4n) is 2.58. The second-order valence-electron chi connectivity index (χ2n) is 7.37. The fourth-order valence-corrected chi connectivity index (χ4v) is 2.58. The molecule has 0 fully saturated rings. The summed E-state index contributed by atoms with van der Waals surface area (Å²) in [7, 11) is 0. The lowest BCUT2D eigenvalue weighted by Gasteiger charge is -2.26. The number of esters is 2. The van der Waals surface area contributed by atoms with Gasteiger partial charge in [0, 0.05) is 5.41 Å². The zero-order valence-electron chi connectivity index (χ0n) is 16.9. The Balaban J connectivity index is 2.13. The molecule has 6 heteroatoms. The van der Waals surface area contributed by atoms with Crippen LogP contribution in [0.25, 0.3) is 0 Å². The topological polar surface area (TPSA) is 86.7 Å². The monoisotopic (exact) mass is 396 g/mol. The Kier molecular flexibility index (Phi) is 7.04. The Bertz CT molecular complexity index is 807. The number of hydrogen-bond acceptors (Lipinski definition) is 6. The van der Waals surface area contributed by atoms with Crippen LogP contribution in [0.4, 0.5) is 0 Å². The van der Waals surface area contributed by atoms with Crippen LogP contribution in [0.5, 0.6) is 11.5 Å². The van der Waals surface area contributed by atoms with Crippen molar-refractivity contribution in [3.8, 4) is 11.5 Å². The zero-order chi connectivity index (χ0) is 21.6. The van der Waals surface area contributed by atoms with Crippen LogP contribution in [0.3, 0.4) is 0 Å². The Morgan fingerprint density at radius 3 is 1.31 bits per heavy atom. The van der Waals surface area contributed by atoms with Gasteiger partial charge in [-0.15, -0.1) is 0 Å². The van der Waals surface area contributed by atoms with E-state index in [1.807, 2.05) is 38.1 Å². The first-order valence-corrected chi connectivity index (χ1v) is 9.24. The lowest BCUT2D eigenvalue weighted by atomic mass is 9.78. The summed E-state index contributed by atoms with van der Waals surface area (Å²) >= 11 is 0. The van der Waals surface area contributed by atoms with Gasteiger partial charge in [0.15, 0.2) is 0 Å². The molecular formula is C23H24O6. The highest BCUT2D eigenvalue weighted by Crippen LogP contribution is 2.33. The lowest BCUT2D eigenvalue weighted by Crippen LogP contribution is -2.20. The summed E-state index contributed by atoms with van der Waals surface area (Å²) in [6.45, 7) is 7.04. The smallest absolute Gasteiger partial charge is 0.321 e. The maximum atomic E-state index is 11.7. The van der Waals surface area contributed by atoms with Crippen molar-refractivity contribution in [1.82, 2.24) is 0 Å². The molecule has 2 rings (SSSR count). The first-order chi connectivity index (χ1) is 13.7. The number of aldehydes is 2. The number of ether oxygens (including phenoxy) is 2. The van der Waals surface area contributed by atoms with Crippen molar-refractivity contribution in [2.75, 3.05) is 0 Å². The second kappa shape index (κ2) is 9.28. The summed E-state index contributed by atoms with van der Waals surface area (Å²) in [6.07, 6.45) is 1.08. The fraction of sp³-hybridized carbons (Fsp3) is 0.304. The van der Waals surface area contributed by atoms with E-state index >= 15 is 0 Å². The largest absolute Gasteiger partial charge is 0.426 e. The molecule has 0 aliphatic carbocycles. The van der Waals surface area contributed by atoms with Crippen LogP contribution in [0.1, 0.15) is 38.8 Å². The molecule has 0 spiro atoms. The number of benzene rings is 2. The molecule has 29 heavy (non-hydrogen) atoms. The number of rotatable bonds is 8. The summed E-state index contributed by atoms with van der Waals surface area (Å²) in [5.74, 6) is -2.08. The van der Waals surface area contributed by atoms with Gasteiger partial charge in [-0.2, -0.15) is 0 Å². The summed E-state index contributed by atoms with van der Waals surface area (Å²) < 4.78 is 10.4. The van der Waals surface area contributed by atoms with Gasteiger partial charge in [-0.25, -0.2) is 0 Å². The Morgan fingerprint density at radius 1 is 0.724 bits per heavy atom. The highest BCUT2D eigenvalue weighted by atomic mass is 16.5. The Labute approximate surface area is 169 Å². The molecule has 0 N–H and O–H groups in total. The van der Waals surface area contributed by atoms with Crippen molar-refractivity contribution in [1.29, 1.82) is 0 Å². The van der Waals surface area contributed by atoms with Crippen LogP contribution >= 0.6 is 0 Å². The number of hydrogen-bond donors (Lipinski definition) is 0. The average molecular weight is 396 g/mol. The predicted octanol–water partition coefficient (Wildman–Crippen LogP) is 3.49. The minimum Gasteiger partial charge on any atom is -0.426 e. The van der Waals surface area contributed by atoms with Crippen molar-refractivity contribution < 1.29 is 28.7 Å². The first kappa shape index (κ1) is 22.0. The molecule has 0 aromatic heterocycles. The lowest BCUT2D eigenvalue weighted by molar-refractivity contribution is -0.141. The maximum absolute atomic E-state index is 11.7. The quantitative estimate of drug-likeness (QED) is 0.294. The number of carbonyl (C=O) groups excluding carboxylic acids is 4. The van der Waals surface area contributed by atoms with Crippen LogP contribution in [-0.4, -0.2) is 24.5 Å². The van der Waals surface area contributed by atoms with Gasteiger partial charge in [-0.1, -0.05) is 38.1 Å². The summed E-state index contributed by atoms with van der Waals surface area (Å²) in [6, 6.07) is 14.2. The number of carbonyl (C=O) groups is 4. The van der Waals surface area contributed by atoms with Crippen LogP contribution in [0.2, 0.25) is 0 Å². The normalized spacial score (nSPS) is 13.1. The molecule has 0 saturated heterocycles. The Morgan fingerprint density at radius 2 is 1.03 bits per heavy atom. The van der Waals surface area contributed by atoms with E-state index in [1.54, 1.807) is 24.3 Å². The van der Waals surface area contributed by atoms with Crippen molar-refractivity contribution in [3.05, 3.63) is 59.7 Å². The van der Waals surface area contributed by atoms with E-state index in [2.05, 4.69) is 0 Å². The van der Waals surface area contributed by atoms with E-state index < -0.39 is 23.8 Å². The molecule has 2 unspecified atom stereocenters. The molecule has 6 nitrogen and oxygen atoms in total. The minimum absolute atomic E-state index is 0.364. The zero-order valence-corrected chi connectivity index (χ0v) is 16.9. The van der Waals surface area contributed by atoms with E-state index in [-0.39, 0.29) is 5.41 Å². The summed E-state index contributed by atoms with van der Waals surface area (Å²) in [4.78, 5) is 44.7. The third-order valence-electron chi connectivity index (χ3n) is 4.74. The van der Waals surface area contributed by atoms with Gasteiger partial charge in [0.2, 0.25) is 0 Å². The molecule has 0 aliphatic rings. The van der Waals surface area contributed by atoms with Gasteiger partial charge >= 0.3 is 11.9 Å². The van der Waals surface area contributed by atoms with E-state index in [4.69, 9.17) is 9.47 Å². The summed E-state index contributed by atoms with van der Waals surface area (Å²) in [5.41, 5.74) is 1.61. The SMILES string of the molecule is CC(C=O)C(=O)Oc1ccc(C(C)(C)c2ccc(OC(=O)C(C)C=O)cc2)cc1. The maximum Gasteiger partial charge on any atom is 0.321 e. The average Bonchev–Trinajstić information content (AvgIpc) is 2.73. The molecule has 0 saturated carbocycles. The Hall–Kier alpha value is -3.28. The molecule has 0 heterocycles. The third kappa shape index (κ3) is 5.38. The standard InChI is InChI=1S/C23H24O6/c1-15(13-24)21(26)28-19-9-5-17(6-10-19)23(3,4)18-7-11-20(12-8-18)29-22(27)16(2)14-25/h5-16H,1-4H3. The van der Waals surface area contributed by atoms with Gasteiger partial charge in [-0.3, -0.25) is 9.59 Å². The molecule has 152 valence electrons. The van der Waals surface area contributed by atoms with Crippen molar-refractivity contribution >= 4 is 24.5 Å². The summed E-state index contributed by atoms with van der Waals surface area (Å²) in [5, 5.41) is 0. The molecular weight excluding hydrogens is 372 g/mol. The predicted molar refractivity (Wildman–Crippen MR) is 107 cm³/mol. The molecule has 2 aromatic rings. The van der Waals surface area contributed by atoms with Crippen LogP contribution in [-0.2, 0) is 24.6 Å². The molecule has 2 atom stereocenters. The van der Waals surface area contributed by atoms with Gasteiger partial charge in [0.05, 0.1) is 0 Å². The van der Waals surface area contributed by atoms with Gasteiger partial charge in [0.25, 0.3) is 0 Å². The van der Waals surface area contributed by atoms with Crippen LogP contribution in [0, 0.1) is 11.8 Å². The molecule has 0 radical (unpaired) electrons. The van der Waals surface area contributed by atoms with Gasteiger partial charge in [-0.05, 0) is 49.2 Å². The van der Waals surface area contributed by atoms with E-state index in [1.165, 1.54) is 13.8 Å². The highest BCUT2D eigenvalue weighted by molar-refractivity contribution is 5.89. The van der Waals surface area contributed by atoms with Crippen molar-refractivity contribution in [3.63, 3.8) is 0 Å². The van der Waals surface area contributed by atoms with E-state index in [0.717, 1.165) is 11.1 Å².